The summed E-state index contributed by atoms with van der Waals surface area (Å²) >= 11 is 5.92. The van der Waals surface area contributed by atoms with Crippen molar-refractivity contribution in [2.24, 2.45) is 0 Å². The first-order chi connectivity index (χ1) is 8.97. The molecule has 0 fully saturated rings. The van der Waals surface area contributed by atoms with Crippen LogP contribution in [0.3, 0.4) is 0 Å². The largest absolute Gasteiger partial charge is 0.478 e. The Kier molecular flexibility index (Phi) is 3.76. The minimum atomic E-state index is -1.02. The van der Waals surface area contributed by atoms with E-state index in [1.807, 2.05) is 19.9 Å². The molecule has 0 radical (unpaired) electrons. The molecule has 0 atom stereocenters. The molecule has 2 rings (SSSR count). The summed E-state index contributed by atoms with van der Waals surface area (Å²) in [4.78, 5) is 11.2. The predicted molar refractivity (Wildman–Crippen MR) is 74.4 cm³/mol. The first kappa shape index (κ1) is 13.4. The van der Waals surface area contributed by atoms with Crippen LogP contribution in [0.4, 0.5) is 0 Å². The van der Waals surface area contributed by atoms with E-state index in [1.165, 1.54) is 6.07 Å². The Morgan fingerprint density at radius 3 is 2.53 bits per heavy atom. The Labute approximate surface area is 116 Å². The smallest absolute Gasteiger partial charge is 0.339 e. The van der Waals surface area contributed by atoms with E-state index in [-0.39, 0.29) is 5.56 Å². The van der Waals surface area contributed by atoms with E-state index in [0.29, 0.717) is 16.5 Å². The van der Waals surface area contributed by atoms with Crippen molar-refractivity contribution in [3.63, 3.8) is 0 Å². The maximum Gasteiger partial charge on any atom is 0.339 e. The quantitative estimate of drug-likeness (QED) is 0.901. The molecule has 0 aliphatic heterocycles. The van der Waals surface area contributed by atoms with Crippen LogP contribution in [0.15, 0.2) is 36.4 Å². The highest BCUT2D eigenvalue weighted by atomic mass is 35.5. The van der Waals surface area contributed by atoms with Crippen molar-refractivity contribution < 1.29 is 14.6 Å². The number of hydrogen-bond acceptors (Lipinski definition) is 2. The van der Waals surface area contributed by atoms with Gasteiger partial charge in [-0.2, -0.15) is 0 Å². The van der Waals surface area contributed by atoms with Gasteiger partial charge in [0.1, 0.15) is 17.1 Å². The molecule has 0 unspecified atom stereocenters. The SMILES string of the molecule is Cc1ccc(C(=O)O)c(Oc2cc(Cl)ccc2C)c1. The summed E-state index contributed by atoms with van der Waals surface area (Å²) in [5.41, 5.74) is 1.95. The van der Waals surface area contributed by atoms with Gasteiger partial charge in [-0.15, -0.1) is 0 Å². The molecule has 0 aliphatic rings. The standard InChI is InChI=1S/C15H13ClO3/c1-9-3-6-12(15(17)18)14(7-9)19-13-8-11(16)5-4-10(13)2/h3-8H,1-2H3,(H,17,18). The zero-order valence-electron chi connectivity index (χ0n) is 10.6. The Balaban J connectivity index is 2.45. The molecule has 98 valence electrons. The van der Waals surface area contributed by atoms with Crippen LogP contribution in [0.1, 0.15) is 21.5 Å². The third-order valence-corrected chi connectivity index (χ3v) is 2.97. The molecule has 2 aromatic rings. The highest BCUT2D eigenvalue weighted by molar-refractivity contribution is 6.30. The van der Waals surface area contributed by atoms with Crippen LogP contribution >= 0.6 is 11.6 Å². The van der Waals surface area contributed by atoms with E-state index in [9.17, 15) is 4.79 Å². The van der Waals surface area contributed by atoms with Crippen molar-refractivity contribution in [3.05, 3.63) is 58.1 Å². The number of carbonyl (C=O) groups is 1. The lowest BCUT2D eigenvalue weighted by molar-refractivity contribution is 0.0694. The van der Waals surface area contributed by atoms with E-state index >= 15 is 0 Å². The highest BCUT2D eigenvalue weighted by Crippen LogP contribution is 2.30. The van der Waals surface area contributed by atoms with Gasteiger partial charge in [-0.25, -0.2) is 4.79 Å². The molecule has 2 aromatic carbocycles. The Morgan fingerprint density at radius 2 is 1.84 bits per heavy atom. The zero-order chi connectivity index (χ0) is 14.0. The molecular weight excluding hydrogens is 264 g/mol. The topological polar surface area (TPSA) is 46.5 Å². The molecule has 0 aromatic heterocycles. The van der Waals surface area contributed by atoms with Gasteiger partial charge in [0.05, 0.1) is 0 Å². The third kappa shape index (κ3) is 3.06. The summed E-state index contributed by atoms with van der Waals surface area (Å²) in [6.45, 7) is 3.76. The Bertz CT molecular complexity index is 635. The van der Waals surface area contributed by atoms with Gasteiger partial charge < -0.3 is 9.84 Å². The second-order valence-corrected chi connectivity index (χ2v) is 4.75. The Hall–Kier alpha value is -2.00. The molecule has 19 heavy (non-hydrogen) atoms. The lowest BCUT2D eigenvalue weighted by atomic mass is 10.1. The second-order valence-electron chi connectivity index (χ2n) is 4.32. The van der Waals surface area contributed by atoms with Gasteiger partial charge in [-0.1, -0.05) is 23.7 Å². The van der Waals surface area contributed by atoms with E-state index < -0.39 is 5.97 Å². The van der Waals surface area contributed by atoms with Gasteiger partial charge in [0.2, 0.25) is 0 Å². The highest BCUT2D eigenvalue weighted by Gasteiger charge is 2.13. The van der Waals surface area contributed by atoms with Crippen LogP contribution in [-0.2, 0) is 0 Å². The summed E-state index contributed by atoms with van der Waals surface area (Å²) in [7, 11) is 0. The summed E-state index contributed by atoms with van der Waals surface area (Å²) in [5, 5.41) is 9.70. The minimum Gasteiger partial charge on any atom is -0.478 e. The van der Waals surface area contributed by atoms with Gasteiger partial charge >= 0.3 is 5.97 Å². The predicted octanol–water partition coefficient (Wildman–Crippen LogP) is 4.45. The maximum absolute atomic E-state index is 11.2. The molecule has 0 saturated carbocycles. The van der Waals surface area contributed by atoms with Crippen molar-refractivity contribution in [2.75, 3.05) is 0 Å². The number of hydrogen-bond donors (Lipinski definition) is 1. The van der Waals surface area contributed by atoms with Gasteiger partial charge in [0.25, 0.3) is 0 Å². The third-order valence-electron chi connectivity index (χ3n) is 2.74. The van der Waals surface area contributed by atoms with Gasteiger partial charge in [0, 0.05) is 5.02 Å². The summed E-state index contributed by atoms with van der Waals surface area (Å²) < 4.78 is 5.70. The summed E-state index contributed by atoms with van der Waals surface area (Å²) in [6, 6.07) is 10.2. The lowest BCUT2D eigenvalue weighted by Gasteiger charge is -2.12. The first-order valence-electron chi connectivity index (χ1n) is 5.75. The minimum absolute atomic E-state index is 0.130. The van der Waals surface area contributed by atoms with Gasteiger partial charge in [-0.3, -0.25) is 0 Å². The van der Waals surface area contributed by atoms with Crippen molar-refractivity contribution in [1.29, 1.82) is 0 Å². The average molecular weight is 277 g/mol. The van der Waals surface area contributed by atoms with E-state index in [1.54, 1.807) is 24.3 Å². The normalized spacial score (nSPS) is 10.3. The van der Waals surface area contributed by atoms with Crippen molar-refractivity contribution in [1.82, 2.24) is 0 Å². The molecule has 0 spiro atoms. The lowest BCUT2D eigenvalue weighted by Crippen LogP contribution is -2.00. The number of rotatable bonds is 3. The number of carboxylic acid groups (broad SMARTS) is 1. The maximum atomic E-state index is 11.2. The molecular formula is C15H13ClO3. The van der Waals surface area contributed by atoms with Crippen molar-refractivity contribution in [2.45, 2.75) is 13.8 Å². The molecule has 4 heteroatoms. The number of benzene rings is 2. The average Bonchev–Trinajstić information content (AvgIpc) is 2.33. The summed E-state index contributed by atoms with van der Waals surface area (Å²) in [6.07, 6.45) is 0. The fourth-order valence-electron chi connectivity index (χ4n) is 1.69. The molecule has 1 N–H and O–H groups in total. The second kappa shape index (κ2) is 5.33. The summed E-state index contributed by atoms with van der Waals surface area (Å²) in [5.74, 6) is -0.145. The molecule has 0 amide bonds. The van der Waals surface area contributed by atoms with Crippen LogP contribution in [0.25, 0.3) is 0 Å². The van der Waals surface area contributed by atoms with Crippen LogP contribution in [0.2, 0.25) is 5.02 Å². The molecule has 3 nitrogen and oxygen atoms in total. The Morgan fingerprint density at radius 1 is 1.11 bits per heavy atom. The number of halogens is 1. The molecule has 0 aliphatic carbocycles. The fraction of sp³-hybridized carbons (Fsp3) is 0.133. The first-order valence-corrected chi connectivity index (χ1v) is 6.13. The molecule has 0 saturated heterocycles. The molecule has 0 bridgehead atoms. The van der Waals surface area contributed by atoms with Gasteiger partial charge in [-0.05, 0) is 49.2 Å². The number of carboxylic acids is 1. The number of ether oxygens (including phenoxy) is 1. The molecule has 0 heterocycles. The number of aryl methyl sites for hydroxylation is 2. The monoisotopic (exact) mass is 276 g/mol. The zero-order valence-corrected chi connectivity index (χ0v) is 11.4. The van der Waals surface area contributed by atoms with E-state index in [4.69, 9.17) is 21.4 Å². The van der Waals surface area contributed by atoms with Crippen molar-refractivity contribution >= 4 is 17.6 Å². The number of aromatic carboxylic acids is 1. The van der Waals surface area contributed by atoms with Crippen LogP contribution in [-0.4, -0.2) is 11.1 Å². The van der Waals surface area contributed by atoms with Crippen LogP contribution in [0, 0.1) is 13.8 Å². The van der Waals surface area contributed by atoms with Crippen molar-refractivity contribution in [3.8, 4) is 11.5 Å². The van der Waals surface area contributed by atoms with Gasteiger partial charge in [0.15, 0.2) is 0 Å². The van der Waals surface area contributed by atoms with Crippen LogP contribution in [0.5, 0.6) is 11.5 Å². The fourth-order valence-corrected chi connectivity index (χ4v) is 1.86. The van der Waals surface area contributed by atoms with Crippen LogP contribution < -0.4 is 4.74 Å². The van der Waals surface area contributed by atoms with E-state index in [2.05, 4.69) is 0 Å². The van der Waals surface area contributed by atoms with E-state index in [0.717, 1.165) is 11.1 Å².